The predicted molar refractivity (Wildman–Crippen MR) is 182 cm³/mol. The Morgan fingerprint density at radius 3 is 2.22 bits per heavy atom. The summed E-state index contributed by atoms with van der Waals surface area (Å²) in [4.78, 5) is 12.1. The number of nitrogens with two attached hydrogens (primary N) is 1. The number of aryl methyl sites for hydroxylation is 2. The average Bonchev–Trinajstić information content (AvgIpc) is 3.47. The highest BCUT2D eigenvalue weighted by Gasteiger charge is 2.25. The van der Waals surface area contributed by atoms with Crippen molar-refractivity contribution in [1.29, 1.82) is 0 Å². The van der Waals surface area contributed by atoms with E-state index in [4.69, 9.17) is 29.4 Å². The number of methoxy groups -OCH3 is 1. The molecule has 49 heavy (non-hydrogen) atoms. The van der Waals surface area contributed by atoms with Crippen molar-refractivity contribution >= 4 is 27.0 Å². The first-order valence-corrected chi connectivity index (χ1v) is 17.3. The van der Waals surface area contributed by atoms with Crippen molar-refractivity contribution in [2.75, 3.05) is 67.0 Å². The smallest absolute Gasteiger partial charge is 0.304 e. The number of rotatable bonds is 21. The van der Waals surface area contributed by atoms with Gasteiger partial charge in [-0.05, 0) is 65.6 Å². The number of carbonyl (C=O) groups is 1. The predicted octanol–water partition coefficient (Wildman–Crippen LogP) is 3.10. The highest BCUT2D eigenvalue weighted by Crippen LogP contribution is 2.35. The van der Waals surface area contributed by atoms with Gasteiger partial charge in [-0.1, -0.05) is 23.4 Å². The van der Waals surface area contributed by atoms with Crippen molar-refractivity contribution in [3.63, 3.8) is 0 Å². The van der Waals surface area contributed by atoms with E-state index in [1.807, 2.05) is 31.2 Å². The van der Waals surface area contributed by atoms with E-state index in [0.29, 0.717) is 80.9 Å². The van der Waals surface area contributed by atoms with E-state index in [1.165, 1.54) is 30.6 Å². The topological polar surface area (TPSA) is 178 Å². The molecule has 0 aliphatic rings. The van der Waals surface area contributed by atoms with Crippen LogP contribution in [0, 0.1) is 6.92 Å². The van der Waals surface area contributed by atoms with E-state index < -0.39 is 21.9 Å². The molecule has 3 aromatic carbocycles. The van der Waals surface area contributed by atoms with Crippen molar-refractivity contribution in [1.82, 2.24) is 19.3 Å². The number of nitrogens with zero attached hydrogens (tertiary/aromatic N) is 4. The number of fused-ring (bicyclic) bond motifs is 1. The molecular weight excluding hydrogens is 654 g/mol. The van der Waals surface area contributed by atoms with Gasteiger partial charge in [-0.25, -0.2) is 13.1 Å². The summed E-state index contributed by atoms with van der Waals surface area (Å²) in [6, 6.07) is 15.4. The molecule has 0 fully saturated rings. The van der Waals surface area contributed by atoms with Crippen LogP contribution in [0.3, 0.4) is 0 Å². The number of benzene rings is 3. The van der Waals surface area contributed by atoms with Crippen molar-refractivity contribution < 1.29 is 42.0 Å². The monoisotopic (exact) mass is 699 g/mol. The molecule has 0 bridgehead atoms. The van der Waals surface area contributed by atoms with Crippen LogP contribution in [0.15, 0.2) is 59.5 Å². The fraction of sp³-hybridized carbons (Fsp3) is 0.441. The molecular formula is C34H45N5O9S. The quantitative estimate of drug-likeness (QED) is 0.122. The molecule has 14 nitrogen and oxygen atoms in total. The van der Waals surface area contributed by atoms with Gasteiger partial charge in [-0.15, -0.1) is 5.10 Å². The number of ether oxygens (including phenoxy) is 5. The van der Waals surface area contributed by atoms with Gasteiger partial charge in [0.15, 0.2) is 0 Å². The minimum absolute atomic E-state index is 0.0777. The standard InChI is InChI=1S/C34H45N5O9S/c1-24-5-6-25(30(22-33(40)41)26-20-31-34(32(21-26)44-4)39(3)37-36-31)19-27(24)23-38(2)49(42,43)29-9-7-28(8-10-29)48-18-17-47-16-15-46-14-13-45-12-11-35/h5-10,19-21,30H,11-18,22-23,35H2,1-4H3,(H,40,41). The molecule has 1 unspecified atom stereocenters. The van der Waals surface area contributed by atoms with Crippen LogP contribution >= 0.6 is 0 Å². The molecule has 0 aliphatic carbocycles. The van der Waals surface area contributed by atoms with Crippen LogP contribution in [0.2, 0.25) is 0 Å². The summed E-state index contributed by atoms with van der Waals surface area (Å²) in [5.74, 6) is -0.476. The number of carboxylic acids is 1. The lowest BCUT2D eigenvalue weighted by Crippen LogP contribution is -2.27. The van der Waals surface area contributed by atoms with E-state index in [-0.39, 0.29) is 17.9 Å². The summed E-state index contributed by atoms with van der Waals surface area (Å²) in [5, 5.41) is 18.1. The van der Waals surface area contributed by atoms with Gasteiger partial charge in [0.05, 0.1) is 58.1 Å². The zero-order valence-corrected chi connectivity index (χ0v) is 29.1. The first-order valence-electron chi connectivity index (χ1n) is 15.9. The summed E-state index contributed by atoms with van der Waals surface area (Å²) < 4.78 is 57.4. The highest BCUT2D eigenvalue weighted by molar-refractivity contribution is 7.89. The molecule has 0 aliphatic heterocycles. The van der Waals surface area contributed by atoms with E-state index in [0.717, 1.165) is 16.7 Å². The van der Waals surface area contributed by atoms with Gasteiger partial charge in [-0.3, -0.25) is 4.79 Å². The Hall–Kier alpha value is -4.12. The Labute approximate surface area is 286 Å². The third-order valence-electron chi connectivity index (χ3n) is 7.89. The Balaban J connectivity index is 1.39. The van der Waals surface area contributed by atoms with Crippen molar-refractivity contribution in [2.24, 2.45) is 12.8 Å². The Bertz CT molecular complexity index is 1780. The van der Waals surface area contributed by atoms with Crippen molar-refractivity contribution in [3.05, 3.63) is 76.9 Å². The molecule has 4 aromatic rings. The van der Waals surface area contributed by atoms with Gasteiger partial charge < -0.3 is 34.5 Å². The third kappa shape index (κ3) is 10.2. The Kier molecular flexibility index (Phi) is 13.9. The fourth-order valence-corrected chi connectivity index (χ4v) is 6.42. The minimum Gasteiger partial charge on any atom is -0.494 e. The largest absolute Gasteiger partial charge is 0.494 e. The Morgan fingerprint density at radius 2 is 1.59 bits per heavy atom. The summed E-state index contributed by atoms with van der Waals surface area (Å²) in [7, 11) is 0.955. The van der Waals surface area contributed by atoms with Gasteiger partial charge in [0.1, 0.15) is 29.1 Å². The second-order valence-electron chi connectivity index (χ2n) is 11.3. The molecule has 3 N–H and O–H groups in total. The lowest BCUT2D eigenvalue weighted by Gasteiger charge is -2.22. The Morgan fingerprint density at radius 1 is 0.939 bits per heavy atom. The van der Waals surface area contributed by atoms with Gasteiger partial charge in [-0.2, -0.15) is 4.31 Å². The second kappa shape index (κ2) is 18.0. The van der Waals surface area contributed by atoms with Gasteiger partial charge >= 0.3 is 5.97 Å². The van der Waals surface area contributed by atoms with Gasteiger partial charge in [0.2, 0.25) is 10.0 Å². The normalized spacial score (nSPS) is 12.4. The molecule has 0 saturated carbocycles. The molecule has 15 heteroatoms. The van der Waals surface area contributed by atoms with Crippen LogP contribution in [0.5, 0.6) is 11.5 Å². The van der Waals surface area contributed by atoms with Crippen molar-refractivity contribution in [2.45, 2.75) is 30.7 Å². The van der Waals surface area contributed by atoms with Crippen LogP contribution in [-0.2, 0) is 42.6 Å². The SMILES string of the molecule is COc1cc(C(CC(=O)O)c2ccc(C)c(CN(C)S(=O)(=O)c3ccc(OCCOCCOCCOCCN)cc3)c2)cc2nnn(C)c12. The minimum atomic E-state index is -3.86. The van der Waals surface area contributed by atoms with Crippen LogP contribution in [0.1, 0.15) is 34.6 Å². The second-order valence-corrected chi connectivity index (χ2v) is 13.4. The molecule has 0 saturated heterocycles. The van der Waals surface area contributed by atoms with E-state index >= 15 is 0 Å². The molecule has 0 radical (unpaired) electrons. The van der Waals surface area contributed by atoms with Gasteiger partial charge in [0, 0.05) is 33.1 Å². The van der Waals surface area contributed by atoms with Crippen LogP contribution < -0.4 is 15.2 Å². The maximum atomic E-state index is 13.5. The number of hydrogen-bond acceptors (Lipinski definition) is 11. The van der Waals surface area contributed by atoms with Crippen LogP contribution in [0.25, 0.3) is 11.0 Å². The fourth-order valence-electron chi connectivity index (χ4n) is 5.27. The first-order chi connectivity index (χ1) is 23.5. The molecule has 0 amide bonds. The summed E-state index contributed by atoms with van der Waals surface area (Å²) in [5.41, 5.74) is 9.68. The zero-order valence-electron chi connectivity index (χ0n) is 28.3. The lowest BCUT2D eigenvalue weighted by molar-refractivity contribution is -0.137. The molecule has 1 atom stereocenters. The van der Waals surface area contributed by atoms with E-state index in [2.05, 4.69) is 10.3 Å². The highest BCUT2D eigenvalue weighted by atomic mass is 32.2. The number of hydrogen-bond donors (Lipinski definition) is 2. The third-order valence-corrected chi connectivity index (χ3v) is 9.71. The molecule has 1 heterocycles. The number of aromatic nitrogens is 3. The maximum Gasteiger partial charge on any atom is 0.304 e. The van der Waals surface area contributed by atoms with Crippen molar-refractivity contribution in [3.8, 4) is 11.5 Å². The van der Waals surface area contributed by atoms with Gasteiger partial charge in [0.25, 0.3) is 0 Å². The maximum absolute atomic E-state index is 13.5. The first kappa shape index (κ1) is 37.7. The molecule has 1 aromatic heterocycles. The lowest BCUT2D eigenvalue weighted by atomic mass is 9.86. The van der Waals surface area contributed by atoms with Crippen LogP contribution in [-0.4, -0.2) is 106 Å². The molecule has 4 rings (SSSR count). The number of carboxylic acid groups (broad SMARTS) is 1. The summed E-state index contributed by atoms with van der Waals surface area (Å²) >= 11 is 0. The van der Waals surface area contributed by atoms with E-state index in [1.54, 1.807) is 29.9 Å². The number of sulfonamides is 1. The number of aliphatic carboxylic acids is 1. The van der Waals surface area contributed by atoms with E-state index in [9.17, 15) is 18.3 Å². The average molecular weight is 700 g/mol. The summed E-state index contributed by atoms with van der Waals surface area (Å²) in [6.07, 6.45) is -0.188. The van der Waals surface area contributed by atoms with Crippen LogP contribution in [0.4, 0.5) is 0 Å². The zero-order chi connectivity index (χ0) is 35.4. The molecule has 0 spiro atoms. The molecule has 266 valence electrons. The summed E-state index contributed by atoms with van der Waals surface area (Å²) in [6.45, 7) is 5.42.